The van der Waals surface area contributed by atoms with E-state index in [1.165, 1.54) is 0 Å². The Hall–Kier alpha value is -2.82. The van der Waals surface area contributed by atoms with E-state index in [4.69, 9.17) is 23.2 Å². The Bertz CT molecular complexity index is 1260. The third-order valence-electron chi connectivity index (χ3n) is 4.37. The molecule has 1 aromatic heterocycles. The third kappa shape index (κ3) is 3.29. The van der Waals surface area contributed by atoms with Crippen molar-refractivity contribution >= 4 is 34.1 Å². The van der Waals surface area contributed by atoms with Crippen LogP contribution in [0.3, 0.4) is 0 Å². The highest BCUT2D eigenvalue weighted by atomic mass is 35.5. The maximum Gasteiger partial charge on any atom is 0.336 e. The van der Waals surface area contributed by atoms with Crippen molar-refractivity contribution in [1.82, 2.24) is 9.13 Å². The predicted octanol–water partition coefficient (Wildman–Crippen LogP) is 4.51. The molecule has 6 heteroatoms. The fourth-order valence-electron chi connectivity index (χ4n) is 3.09. The molecule has 4 rings (SSSR count). The van der Waals surface area contributed by atoms with Crippen molar-refractivity contribution in [2.24, 2.45) is 0 Å². The number of para-hydroxylation sites is 1. The van der Waals surface area contributed by atoms with Crippen molar-refractivity contribution in [3.8, 4) is 5.69 Å². The van der Waals surface area contributed by atoms with Gasteiger partial charge in [-0.25, -0.2) is 9.36 Å². The first-order valence-electron chi connectivity index (χ1n) is 8.29. The average molecular weight is 397 g/mol. The molecule has 0 aliphatic heterocycles. The smallest absolute Gasteiger partial charge is 0.288 e. The van der Waals surface area contributed by atoms with Crippen LogP contribution in [0.15, 0.2) is 82.4 Å². The summed E-state index contributed by atoms with van der Waals surface area (Å²) in [6.07, 6.45) is 0. The molecule has 0 atom stereocenters. The number of halogens is 2. The van der Waals surface area contributed by atoms with Gasteiger partial charge in [0.15, 0.2) is 0 Å². The number of nitrogens with zero attached hydrogens (tertiary/aromatic N) is 2. The Kier molecular flexibility index (Phi) is 4.60. The molecule has 0 aliphatic rings. The Morgan fingerprint density at radius 1 is 0.778 bits per heavy atom. The van der Waals surface area contributed by atoms with E-state index in [2.05, 4.69) is 0 Å². The average Bonchev–Trinajstić information content (AvgIpc) is 2.67. The largest absolute Gasteiger partial charge is 0.336 e. The van der Waals surface area contributed by atoms with Crippen LogP contribution in [0, 0.1) is 0 Å². The van der Waals surface area contributed by atoms with Crippen molar-refractivity contribution in [1.29, 1.82) is 0 Å². The van der Waals surface area contributed by atoms with E-state index in [0.29, 0.717) is 33.2 Å². The monoisotopic (exact) mass is 396 g/mol. The summed E-state index contributed by atoms with van der Waals surface area (Å²) in [5, 5.41) is 1.54. The first-order valence-corrected chi connectivity index (χ1v) is 9.05. The van der Waals surface area contributed by atoms with E-state index in [1.54, 1.807) is 59.2 Å². The predicted molar refractivity (Wildman–Crippen MR) is 109 cm³/mol. The first-order chi connectivity index (χ1) is 13.0. The molecular weight excluding hydrogens is 383 g/mol. The van der Waals surface area contributed by atoms with Crippen LogP contribution in [-0.4, -0.2) is 9.13 Å². The first kappa shape index (κ1) is 17.6. The summed E-state index contributed by atoms with van der Waals surface area (Å²) in [6.45, 7) is 0.317. The fraction of sp³-hybridized carbons (Fsp3) is 0.0476. The third-order valence-corrected chi connectivity index (χ3v) is 4.86. The molecule has 0 spiro atoms. The lowest BCUT2D eigenvalue weighted by Crippen LogP contribution is -2.39. The second-order valence-electron chi connectivity index (χ2n) is 6.13. The summed E-state index contributed by atoms with van der Waals surface area (Å²) in [7, 11) is 0. The van der Waals surface area contributed by atoms with Crippen LogP contribution in [0.2, 0.25) is 10.0 Å². The van der Waals surface area contributed by atoms with Crippen LogP contribution in [-0.2, 0) is 6.54 Å². The lowest BCUT2D eigenvalue weighted by Gasteiger charge is -2.14. The number of rotatable bonds is 3. The zero-order valence-corrected chi connectivity index (χ0v) is 15.6. The normalized spacial score (nSPS) is 11.0. The molecule has 0 fully saturated rings. The van der Waals surface area contributed by atoms with Crippen molar-refractivity contribution in [2.45, 2.75) is 6.54 Å². The van der Waals surface area contributed by atoms with E-state index in [1.807, 2.05) is 18.2 Å². The maximum atomic E-state index is 13.2. The van der Waals surface area contributed by atoms with E-state index < -0.39 is 5.69 Å². The zero-order chi connectivity index (χ0) is 19.0. The fourth-order valence-corrected chi connectivity index (χ4v) is 3.40. The van der Waals surface area contributed by atoms with Gasteiger partial charge in [-0.2, -0.15) is 0 Å². The summed E-state index contributed by atoms with van der Waals surface area (Å²) >= 11 is 12.0. The minimum Gasteiger partial charge on any atom is -0.288 e. The molecule has 27 heavy (non-hydrogen) atoms. The van der Waals surface area contributed by atoms with E-state index in [0.717, 1.165) is 10.1 Å². The van der Waals surface area contributed by atoms with E-state index in [-0.39, 0.29) is 5.56 Å². The molecule has 0 N–H and O–H groups in total. The van der Waals surface area contributed by atoms with Gasteiger partial charge in [0.25, 0.3) is 5.56 Å². The summed E-state index contributed by atoms with van der Waals surface area (Å²) in [5.74, 6) is 0. The quantitative estimate of drug-likeness (QED) is 0.511. The maximum absolute atomic E-state index is 13.2. The molecule has 4 aromatic rings. The summed E-state index contributed by atoms with van der Waals surface area (Å²) in [5.41, 5.74) is 1.14. The Morgan fingerprint density at radius 2 is 1.52 bits per heavy atom. The van der Waals surface area contributed by atoms with E-state index >= 15 is 0 Å². The standard InChI is InChI=1S/C21H14Cl2N2O2/c22-15-10-8-14(9-11-15)13-24-19-7-2-1-6-18(19)20(26)25(21(24)27)17-5-3-4-16(23)12-17/h1-12H,13H2. The van der Waals surface area contributed by atoms with Crippen LogP contribution in [0.1, 0.15) is 5.56 Å². The van der Waals surface area contributed by atoms with Gasteiger partial charge < -0.3 is 0 Å². The number of aromatic nitrogens is 2. The van der Waals surface area contributed by atoms with Gasteiger partial charge in [-0.05, 0) is 48.0 Å². The molecule has 0 bridgehead atoms. The second-order valence-corrected chi connectivity index (χ2v) is 7.01. The van der Waals surface area contributed by atoms with Gasteiger partial charge in [-0.1, -0.05) is 53.5 Å². The molecule has 0 saturated carbocycles. The molecule has 0 amide bonds. The molecular formula is C21H14Cl2N2O2. The topological polar surface area (TPSA) is 44.0 Å². The highest BCUT2D eigenvalue weighted by molar-refractivity contribution is 6.30. The lowest BCUT2D eigenvalue weighted by molar-refractivity contribution is 0.714. The van der Waals surface area contributed by atoms with Crippen LogP contribution in [0.25, 0.3) is 16.6 Å². The molecule has 0 unspecified atom stereocenters. The Labute approximate surface area is 164 Å². The molecule has 0 saturated heterocycles. The lowest BCUT2D eigenvalue weighted by atomic mass is 10.2. The van der Waals surface area contributed by atoms with Gasteiger partial charge in [0.2, 0.25) is 0 Å². The van der Waals surface area contributed by atoms with Gasteiger partial charge in [0, 0.05) is 10.0 Å². The summed E-state index contributed by atoms with van der Waals surface area (Å²) in [4.78, 5) is 26.2. The molecule has 1 heterocycles. The van der Waals surface area contributed by atoms with Gasteiger partial charge >= 0.3 is 5.69 Å². The SMILES string of the molecule is O=c1c2ccccc2n(Cc2ccc(Cl)cc2)c(=O)n1-c1cccc(Cl)c1. The van der Waals surface area contributed by atoms with Crippen molar-refractivity contribution in [3.05, 3.63) is 109 Å². The van der Waals surface area contributed by atoms with Crippen LogP contribution < -0.4 is 11.2 Å². The molecule has 134 valence electrons. The Balaban J connectivity index is 2.01. The number of hydrogen-bond donors (Lipinski definition) is 0. The van der Waals surface area contributed by atoms with Crippen LogP contribution in [0.4, 0.5) is 0 Å². The minimum atomic E-state index is -0.420. The highest BCUT2D eigenvalue weighted by Crippen LogP contribution is 2.16. The molecule has 3 aromatic carbocycles. The Morgan fingerprint density at radius 3 is 2.26 bits per heavy atom. The van der Waals surface area contributed by atoms with Crippen LogP contribution in [0.5, 0.6) is 0 Å². The molecule has 0 radical (unpaired) electrons. The number of fused-ring (bicyclic) bond motifs is 1. The van der Waals surface area contributed by atoms with Gasteiger partial charge in [-0.3, -0.25) is 9.36 Å². The van der Waals surface area contributed by atoms with E-state index in [9.17, 15) is 9.59 Å². The summed E-state index contributed by atoms with van der Waals surface area (Å²) in [6, 6.07) is 21.1. The molecule has 4 nitrogen and oxygen atoms in total. The minimum absolute atomic E-state index is 0.317. The van der Waals surface area contributed by atoms with Crippen LogP contribution >= 0.6 is 23.2 Å². The van der Waals surface area contributed by atoms with Crippen molar-refractivity contribution in [2.75, 3.05) is 0 Å². The van der Waals surface area contributed by atoms with Gasteiger partial charge in [0.1, 0.15) is 0 Å². The summed E-state index contributed by atoms with van der Waals surface area (Å²) < 4.78 is 2.74. The van der Waals surface area contributed by atoms with Gasteiger partial charge in [0.05, 0.1) is 23.1 Å². The highest BCUT2D eigenvalue weighted by Gasteiger charge is 2.14. The van der Waals surface area contributed by atoms with Crippen molar-refractivity contribution in [3.63, 3.8) is 0 Å². The van der Waals surface area contributed by atoms with Crippen molar-refractivity contribution < 1.29 is 0 Å². The van der Waals surface area contributed by atoms with Gasteiger partial charge in [-0.15, -0.1) is 0 Å². The number of benzene rings is 3. The zero-order valence-electron chi connectivity index (χ0n) is 14.1. The number of hydrogen-bond acceptors (Lipinski definition) is 2. The second kappa shape index (κ2) is 7.06. The molecule has 0 aliphatic carbocycles.